The molecule has 0 aromatic heterocycles. The summed E-state index contributed by atoms with van der Waals surface area (Å²) in [6.07, 6.45) is 0. The molecule has 4 heteroatoms. The summed E-state index contributed by atoms with van der Waals surface area (Å²) in [5.41, 5.74) is 2.83. The Balaban J connectivity index is 2.56. The maximum absolute atomic E-state index is 13.4. The monoisotopic (exact) mass is 243 g/mol. The maximum atomic E-state index is 13.4. The molecule has 0 aliphatic carbocycles. The molecule has 18 heavy (non-hydrogen) atoms. The molecule has 0 unspecified atom stereocenters. The van der Waals surface area contributed by atoms with E-state index < -0.39 is 0 Å². The van der Waals surface area contributed by atoms with Crippen LogP contribution in [-0.2, 0) is 0 Å². The molecular formula is C14H14FN3. The van der Waals surface area contributed by atoms with E-state index >= 15 is 0 Å². The first-order chi connectivity index (χ1) is 8.76. The number of rotatable bonds is 3. The SMILES string of the molecule is CNc1ccc(F)cc1C(=NN)c1ccccc1. The predicted octanol–water partition coefficient (Wildman–Crippen LogP) is 2.58. The second-order valence-electron chi connectivity index (χ2n) is 3.78. The summed E-state index contributed by atoms with van der Waals surface area (Å²) in [6.45, 7) is 0. The van der Waals surface area contributed by atoms with Crippen LogP contribution >= 0.6 is 0 Å². The van der Waals surface area contributed by atoms with Gasteiger partial charge in [0.25, 0.3) is 0 Å². The zero-order chi connectivity index (χ0) is 13.0. The van der Waals surface area contributed by atoms with Gasteiger partial charge in [0.05, 0.1) is 5.71 Å². The van der Waals surface area contributed by atoms with Gasteiger partial charge in [-0.15, -0.1) is 0 Å². The van der Waals surface area contributed by atoms with Crippen LogP contribution in [0, 0.1) is 5.82 Å². The topological polar surface area (TPSA) is 50.4 Å². The number of hydrogen-bond acceptors (Lipinski definition) is 3. The summed E-state index contributed by atoms with van der Waals surface area (Å²) in [4.78, 5) is 0. The van der Waals surface area contributed by atoms with Crippen molar-refractivity contribution in [2.75, 3.05) is 12.4 Å². The molecule has 2 aromatic rings. The fourth-order valence-electron chi connectivity index (χ4n) is 1.83. The van der Waals surface area contributed by atoms with Gasteiger partial charge in [0.1, 0.15) is 5.82 Å². The Bertz CT molecular complexity index is 565. The van der Waals surface area contributed by atoms with Gasteiger partial charge in [0.15, 0.2) is 0 Å². The van der Waals surface area contributed by atoms with Crippen LogP contribution in [0.3, 0.4) is 0 Å². The van der Waals surface area contributed by atoms with Gasteiger partial charge >= 0.3 is 0 Å². The van der Waals surface area contributed by atoms with Crippen LogP contribution in [0.25, 0.3) is 0 Å². The van der Waals surface area contributed by atoms with Crippen molar-refractivity contribution >= 4 is 11.4 Å². The first-order valence-corrected chi connectivity index (χ1v) is 5.57. The van der Waals surface area contributed by atoms with Crippen molar-refractivity contribution < 1.29 is 4.39 Å². The molecule has 0 spiro atoms. The molecule has 0 amide bonds. The molecular weight excluding hydrogens is 229 g/mol. The van der Waals surface area contributed by atoms with Crippen molar-refractivity contribution in [1.82, 2.24) is 0 Å². The third-order valence-electron chi connectivity index (χ3n) is 2.68. The Morgan fingerprint density at radius 3 is 2.50 bits per heavy atom. The summed E-state index contributed by atoms with van der Waals surface area (Å²) < 4.78 is 13.4. The Hall–Kier alpha value is -2.36. The van der Waals surface area contributed by atoms with Gasteiger partial charge in [-0.25, -0.2) is 4.39 Å². The van der Waals surface area contributed by atoms with Crippen LogP contribution in [-0.4, -0.2) is 12.8 Å². The Kier molecular flexibility index (Phi) is 3.57. The summed E-state index contributed by atoms with van der Waals surface area (Å²) in [5.74, 6) is 5.13. The van der Waals surface area contributed by atoms with E-state index in [0.29, 0.717) is 11.3 Å². The van der Waals surface area contributed by atoms with Gasteiger partial charge in [-0.1, -0.05) is 30.3 Å². The Labute approximate surface area is 105 Å². The number of hydrogen-bond donors (Lipinski definition) is 2. The van der Waals surface area contributed by atoms with Crippen molar-refractivity contribution in [3.05, 3.63) is 65.5 Å². The van der Waals surface area contributed by atoms with Crippen molar-refractivity contribution in [1.29, 1.82) is 0 Å². The predicted molar refractivity (Wildman–Crippen MR) is 72.2 cm³/mol. The van der Waals surface area contributed by atoms with Crippen LogP contribution in [0.1, 0.15) is 11.1 Å². The molecule has 3 nitrogen and oxygen atoms in total. The van der Waals surface area contributed by atoms with E-state index in [9.17, 15) is 4.39 Å². The van der Waals surface area contributed by atoms with Crippen LogP contribution < -0.4 is 11.2 Å². The molecule has 0 saturated heterocycles. The molecule has 2 aromatic carbocycles. The van der Waals surface area contributed by atoms with Crippen LogP contribution in [0.15, 0.2) is 53.6 Å². The minimum atomic E-state index is -0.318. The van der Waals surface area contributed by atoms with Crippen LogP contribution in [0.5, 0.6) is 0 Å². The summed E-state index contributed by atoms with van der Waals surface area (Å²) >= 11 is 0. The van der Waals surface area contributed by atoms with E-state index in [2.05, 4.69) is 10.4 Å². The van der Waals surface area contributed by atoms with Crippen LogP contribution in [0.4, 0.5) is 10.1 Å². The molecule has 0 atom stereocenters. The number of nitrogens with zero attached hydrogens (tertiary/aromatic N) is 1. The third-order valence-corrected chi connectivity index (χ3v) is 2.68. The van der Waals surface area contributed by atoms with Gasteiger partial charge in [-0.2, -0.15) is 5.10 Å². The quantitative estimate of drug-likeness (QED) is 0.494. The lowest BCUT2D eigenvalue weighted by Gasteiger charge is -2.11. The molecule has 0 aliphatic heterocycles. The Morgan fingerprint density at radius 2 is 1.89 bits per heavy atom. The van der Waals surface area contributed by atoms with Gasteiger partial charge in [-0.05, 0) is 18.2 Å². The summed E-state index contributed by atoms with van der Waals surface area (Å²) in [7, 11) is 1.77. The van der Waals surface area contributed by atoms with E-state index in [-0.39, 0.29) is 5.82 Å². The zero-order valence-electron chi connectivity index (χ0n) is 10.0. The second-order valence-corrected chi connectivity index (χ2v) is 3.78. The van der Waals surface area contributed by atoms with Crippen molar-refractivity contribution in [2.24, 2.45) is 10.9 Å². The molecule has 0 fully saturated rings. The highest BCUT2D eigenvalue weighted by Crippen LogP contribution is 2.20. The zero-order valence-corrected chi connectivity index (χ0v) is 10.0. The lowest BCUT2D eigenvalue weighted by molar-refractivity contribution is 0.627. The average molecular weight is 243 g/mol. The molecule has 0 heterocycles. The Morgan fingerprint density at radius 1 is 1.17 bits per heavy atom. The molecule has 0 saturated carbocycles. The van der Waals surface area contributed by atoms with E-state index in [1.807, 2.05) is 30.3 Å². The molecule has 92 valence electrons. The number of benzene rings is 2. The highest BCUT2D eigenvalue weighted by atomic mass is 19.1. The summed E-state index contributed by atoms with van der Waals surface area (Å²) in [5, 5.41) is 6.79. The number of nitrogens with two attached hydrogens (primary N) is 1. The molecule has 3 N–H and O–H groups in total. The second kappa shape index (κ2) is 5.31. The van der Waals surface area contributed by atoms with Gasteiger partial charge in [-0.3, -0.25) is 0 Å². The average Bonchev–Trinajstić information content (AvgIpc) is 2.41. The number of halogens is 1. The lowest BCUT2D eigenvalue weighted by atomic mass is 10.0. The van der Waals surface area contributed by atoms with Crippen molar-refractivity contribution in [3.63, 3.8) is 0 Å². The van der Waals surface area contributed by atoms with E-state index in [1.54, 1.807) is 13.1 Å². The minimum absolute atomic E-state index is 0.318. The van der Waals surface area contributed by atoms with E-state index in [4.69, 9.17) is 5.84 Å². The molecule has 0 bridgehead atoms. The number of nitrogens with one attached hydrogen (secondary N) is 1. The van der Waals surface area contributed by atoms with Crippen molar-refractivity contribution in [2.45, 2.75) is 0 Å². The first-order valence-electron chi connectivity index (χ1n) is 5.57. The van der Waals surface area contributed by atoms with Gasteiger partial charge in [0.2, 0.25) is 0 Å². The van der Waals surface area contributed by atoms with E-state index in [0.717, 1.165) is 11.3 Å². The molecule has 0 radical (unpaired) electrons. The fraction of sp³-hybridized carbons (Fsp3) is 0.0714. The maximum Gasteiger partial charge on any atom is 0.124 e. The fourth-order valence-corrected chi connectivity index (χ4v) is 1.83. The summed E-state index contributed by atoms with van der Waals surface area (Å²) in [6, 6.07) is 13.9. The lowest BCUT2D eigenvalue weighted by Crippen LogP contribution is -2.09. The normalized spacial score (nSPS) is 11.3. The highest BCUT2D eigenvalue weighted by molar-refractivity contribution is 6.15. The first kappa shape index (κ1) is 12.1. The highest BCUT2D eigenvalue weighted by Gasteiger charge is 2.12. The largest absolute Gasteiger partial charge is 0.388 e. The van der Waals surface area contributed by atoms with E-state index in [1.165, 1.54) is 12.1 Å². The van der Waals surface area contributed by atoms with Gasteiger partial charge < -0.3 is 11.2 Å². The number of anilines is 1. The molecule has 2 rings (SSSR count). The third kappa shape index (κ3) is 2.32. The van der Waals surface area contributed by atoms with Gasteiger partial charge in [0, 0.05) is 23.9 Å². The smallest absolute Gasteiger partial charge is 0.124 e. The number of hydrazone groups is 1. The van der Waals surface area contributed by atoms with Crippen LogP contribution in [0.2, 0.25) is 0 Å². The van der Waals surface area contributed by atoms with Crippen molar-refractivity contribution in [3.8, 4) is 0 Å². The minimum Gasteiger partial charge on any atom is -0.388 e. The standard InChI is InChI=1S/C14H14FN3/c1-17-13-8-7-11(15)9-12(13)14(18-16)10-5-3-2-4-6-10/h2-9,17H,16H2,1H3. The molecule has 0 aliphatic rings.